The van der Waals surface area contributed by atoms with E-state index in [1.54, 1.807) is 0 Å². The summed E-state index contributed by atoms with van der Waals surface area (Å²) in [5, 5.41) is 0. The van der Waals surface area contributed by atoms with Crippen molar-refractivity contribution in [3.8, 4) is 0 Å². The van der Waals surface area contributed by atoms with E-state index in [9.17, 15) is 4.79 Å². The molecule has 0 saturated carbocycles. The van der Waals surface area contributed by atoms with E-state index in [1.165, 1.54) is 206 Å². The fraction of sp³-hybridized carbons (Fsp3) is 0.906. The van der Waals surface area contributed by atoms with Crippen molar-refractivity contribution in [3.63, 3.8) is 0 Å². The molecular weight excluding hydrogens is 713 g/mol. The van der Waals surface area contributed by atoms with Gasteiger partial charge >= 0.3 is 5.97 Å². The monoisotopic (exact) mass is 817 g/mol. The van der Waals surface area contributed by atoms with E-state index in [0.29, 0.717) is 12.5 Å². The molecular formula is C53H104N2O3. The third kappa shape index (κ3) is 38.7. The molecule has 0 aliphatic rings. The van der Waals surface area contributed by atoms with Crippen molar-refractivity contribution < 1.29 is 14.3 Å². The SMILES string of the molecule is C=C(CCCCCCN(CCCCCCC(=O)OC(CCCCCC)CCCCCCCC)CCCN(/C=C\C)CC)OC(CCCCCC)CCCCCCCC. The summed E-state index contributed by atoms with van der Waals surface area (Å²) in [6.07, 6.45) is 47.8. The molecule has 0 aliphatic carbocycles. The maximum atomic E-state index is 12.9. The third-order valence-electron chi connectivity index (χ3n) is 12.1. The fourth-order valence-electron chi connectivity index (χ4n) is 8.32. The van der Waals surface area contributed by atoms with Crippen LogP contribution in [-0.2, 0) is 14.3 Å². The normalized spacial score (nSPS) is 12.7. The Morgan fingerprint density at radius 3 is 1.31 bits per heavy atom. The molecule has 0 bridgehead atoms. The number of rotatable bonds is 47. The van der Waals surface area contributed by atoms with Crippen LogP contribution in [0.4, 0.5) is 0 Å². The van der Waals surface area contributed by atoms with Gasteiger partial charge in [0.25, 0.3) is 0 Å². The van der Waals surface area contributed by atoms with Crippen LogP contribution >= 0.6 is 0 Å². The van der Waals surface area contributed by atoms with Crippen LogP contribution < -0.4 is 0 Å². The van der Waals surface area contributed by atoms with Gasteiger partial charge in [0.1, 0.15) is 6.10 Å². The van der Waals surface area contributed by atoms with Crippen LogP contribution in [0.2, 0.25) is 0 Å². The summed E-state index contributed by atoms with van der Waals surface area (Å²) in [5.74, 6) is 1.07. The second kappa shape index (κ2) is 45.0. The summed E-state index contributed by atoms with van der Waals surface area (Å²) >= 11 is 0. The molecule has 2 unspecified atom stereocenters. The molecule has 0 aromatic rings. The predicted molar refractivity (Wildman–Crippen MR) is 257 cm³/mol. The van der Waals surface area contributed by atoms with Crippen LogP contribution in [0.3, 0.4) is 0 Å². The summed E-state index contributed by atoms with van der Waals surface area (Å²) in [7, 11) is 0. The smallest absolute Gasteiger partial charge is 0.306 e. The average Bonchev–Trinajstić information content (AvgIpc) is 3.22. The van der Waals surface area contributed by atoms with Gasteiger partial charge in [0, 0.05) is 25.9 Å². The molecule has 0 saturated heterocycles. The molecule has 0 amide bonds. The van der Waals surface area contributed by atoms with Gasteiger partial charge in [0.05, 0.1) is 11.9 Å². The van der Waals surface area contributed by atoms with Crippen molar-refractivity contribution in [2.45, 2.75) is 278 Å². The zero-order valence-corrected chi connectivity index (χ0v) is 40.4. The number of unbranched alkanes of at least 4 members (excludes halogenated alkanes) is 22. The number of ether oxygens (including phenoxy) is 2. The highest BCUT2D eigenvalue weighted by Crippen LogP contribution is 2.22. The number of hydrogen-bond acceptors (Lipinski definition) is 5. The van der Waals surface area contributed by atoms with Gasteiger partial charge in [-0.2, -0.15) is 0 Å². The summed E-state index contributed by atoms with van der Waals surface area (Å²) in [6.45, 7) is 23.6. The maximum absolute atomic E-state index is 12.9. The Hall–Kier alpha value is -1.49. The van der Waals surface area contributed by atoms with Gasteiger partial charge in [-0.1, -0.05) is 169 Å². The van der Waals surface area contributed by atoms with E-state index in [-0.39, 0.29) is 12.1 Å². The fourth-order valence-corrected chi connectivity index (χ4v) is 8.32. The molecule has 344 valence electrons. The lowest BCUT2D eigenvalue weighted by atomic mass is 10.0. The first-order valence-corrected chi connectivity index (χ1v) is 26.1. The zero-order chi connectivity index (χ0) is 42.6. The molecule has 0 aromatic heterocycles. The summed E-state index contributed by atoms with van der Waals surface area (Å²) in [6, 6.07) is 0. The molecule has 0 spiro atoms. The first-order chi connectivity index (χ1) is 28.4. The molecule has 0 heterocycles. The van der Waals surface area contributed by atoms with Gasteiger partial charge in [0.15, 0.2) is 0 Å². The Morgan fingerprint density at radius 1 is 0.466 bits per heavy atom. The molecule has 0 radical (unpaired) electrons. The minimum atomic E-state index is 0.0419. The number of nitrogens with zero attached hydrogens (tertiary/aromatic N) is 2. The lowest BCUT2D eigenvalue weighted by Crippen LogP contribution is -2.30. The number of hydrogen-bond donors (Lipinski definition) is 0. The Labute approximate surface area is 364 Å². The van der Waals surface area contributed by atoms with Crippen LogP contribution in [0.25, 0.3) is 0 Å². The predicted octanol–water partition coefficient (Wildman–Crippen LogP) is 16.7. The molecule has 5 nitrogen and oxygen atoms in total. The Bertz CT molecular complexity index is 833. The van der Waals surface area contributed by atoms with Crippen LogP contribution in [0, 0.1) is 0 Å². The minimum absolute atomic E-state index is 0.0419. The van der Waals surface area contributed by atoms with E-state index < -0.39 is 0 Å². The summed E-state index contributed by atoms with van der Waals surface area (Å²) in [4.78, 5) is 18.0. The quantitative estimate of drug-likeness (QED) is 0.0348. The number of allylic oxidation sites excluding steroid dienone is 2. The number of carbonyl (C=O) groups excluding carboxylic acids is 1. The molecule has 0 fully saturated rings. The standard InChI is InChI=1S/C53H104N2O3/c1-8-14-18-22-24-33-41-51(40-31-20-16-10-3)57-50(7)39-30-26-28-36-46-55(49-38-48-54(13-6)45-12-5)47-37-29-27-35-44-53(56)58-52(42-32-21-17-11-4)43-34-25-23-19-15-9-2/h12,45,51-52H,7-11,13-44,46-49H2,1-6H3/b45-12-. The average molecular weight is 817 g/mol. The van der Waals surface area contributed by atoms with E-state index in [2.05, 4.69) is 70.2 Å². The second-order valence-corrected chi connectivity index (χ2v) is 17.8. The Morgan fingerprint density at radius 2 is 0.845 bits per heavy atom. The maximum Gasteiger partial charge on any atom is 0.306 e. The Kier molecular flexibility index (Phi) is 43.9. The first-order valence-electron chi connectivity index (χ1n) is 26.1. The summed E-state index contributed by atoms with van der Waals surface area (Å²) in [5.41, 5.74) is 0. The zero-order valence-electron chi connectivity index (χ0n) is 40.4. The molecule has 2 atom stereocenters. The van der Waals surface area contributed by atoms with Crippen LogP contribution in [0.5, 0.6) is 0 Å². The molecule has 0 rings (SSSR count). The lowest BCUT2D eigenvalue weighted by molar-refractivity contribution is -0.150. The second-order valence-electron chi connectivity index (χ2n) is 17.8. The Balaban J connectivity index is 4.66. The largest absolute Gasteiger partial charge is 0.495 e. The highest BCUT2D eigenvalue weighted by Gasteiger charge is 2.15. The van der Waals surface area contributed by atoms with E-state index in [1.807, 2.05) is 0 Å². The van der Waals surface area contributed by atoms with Crippen LogP contribution in [0.15, 0.2) is 24.6 Å². The van der Waals surface area contributed by atoms with E-state index >= 15 is 0 Å². The highest BCUT2D eigenvalue weighted by molar-refractivity contribution is 5.69. The molecule has 0 aromatic carbocycles. The highest BCUT2D eigenvalue weighted by atomic mass is 16.5. The van der Waals surface area contributed by atoms with Gasteiger partial charge in [-0.3, -0.25) is 4.79 Å². The van der Waals surface area contributed by atoms with Gasteiger partial charge < -0.3 is 19.3 Å². The summed E-state index contributed by atoms with van der Waals surface area (Å²) < 4.78 is 12.6. The van der Waals surface area contributed by atoms with Gasteiger partial charge in [0.2, 0.25) is 0 Å². The minimum Gasteiger partial charge on any atom is -0.495 e. The van der Waals surface area contributed by atoms with Crippen molar-refractivity contribution in [1.29, 1.82) is 0 Å². The van der Waals surface area contributed by atoms with Crippen molar-refractivity contribution in [3.05, 3.63) is 24.6 Å². The first kappa shape index (κ1) is 56.5. The lowest BCUT2D eigenvalue weighted by Gasteiger charge is -2.25. The van der Waals surface area contributed by atoms with Crippen molar-refractivity contribution in [2.75, 3.05) is 32.7 Å². The third-order valence-corrected chi connectivity index (χ3v) is 12.1. The van der Waals surface area contributed by atoms with Gasteiger partial charge in [-0.15, -0.1) is 0 Å². The topological polar surface area (TPSA) is 42.0 Å². The molecule has 0 aliphatic heterocycles. The number of carbonyl (C=O) groups is 1. The van der Waals surface area contributed by atoms with E-state index in [0.717, 1.165) is 51.0 Å². The van der Waals surface area contributed by atoms with Gasteiger partial charge in [-0.25, -0.2) is 0 Å². The van der Waals surface area contributed by atoms with Crippen molar-refractivity contribution in [2.24, 2.45) is 0 Å². The van der Waals surface area contributed by atoms with Crippen molar-refractivity contribution in [1.82, 2.24) is 9.80 Å². The number of esters is 1. The van der Waals surface area contributed by atoms with Crippen LogP contribution in [0.1, 0.15) is 266 Å². The molecule has 5 heteroatoms. The van der Waals surface area contributed by atoms with Gasteiger partial charge in [-0.05, 0) is 123 Å². The molecule has 58 heavy (non-hydrogen) atoms. The van der Waals surface area contributed by atoms with Crippen molar-refractivity contribution >= 4 is 5.97 Å². The van der Waals surface area contributed by atoms with Crippen LogP contribution in [-0.4, -0.2) is 60.7 Å². The van der Waals surface area contributed by atoms with E-state index in [4.69, 9.17) is 9.47 Å². The molecule has 0 N–H and O–H groups in total.